The van der Waals surface area contributed by atoms with Crippen LogP contribution in [-0.2, 0) is 20.7 Å². The van der Waals surface area contributed by atoms with Crippen LogP contribution < -0.4 is 10.6 Å². The van der Waals surface area contributed by atoms with Crippen LogP contribution in [0.4, 0.5) is 4.79 Å². The first-order valence-corrected chi connectivity index (χ1v) is 14.3. The molecule has 8 nitrogen and oxygen atoms in total. The van der Waals surface area contributed by atoms with E-state index in [1.165, 1.54) is 0 Å². The predicted molar refractivity (Wildman–Crippen MR) is 156 cm³/mol. The molecule has 8 heteroatoms. The second-order valence-corrected chi connectivity index (χ2v) is 11.9. The molecule has 218 valence electrons. The average molecular weight is 552 g/mol. The van der Waals surface area contributed by atoms with Crippen LogP contribution in [0.2, 0.25) is 0 Å². The van der Waals surface area contributed by atoms with Crippen LogP contribution in [-0.4, -0.2) is 52.1 Å². The largest absolute Gasteiger partial charge is 0.508 e. The van der Waals surface area contributed by atoms with Crippen molar-refractivity contribution < 1.29 is 24.2 Å². The maximum atomic E-state index is 14.4. The molecule has 0 saturated heterocycles. The number of aryl methyl sites for hydroxylation is 2. The number of alkyl carbamates (subject to hydrolysis) is 1. The van der Waals surface area contributed by atoms with Gasteiger partial charge in [-0.2, -0.15) is 0 Å². The van der Waals surface area contributed by atoms with E-state index in [-0.39, 0.29) is 30.0 Å². The first-order chi connectivity index (χ1) is 18.9. The summed E-state index contributed by atoms with van der Waals surface area (Å²) in [5.74, 6) is -0.447. The van der Waals surface area contributed by atoms with Crippen molar-refractivity contribution in [1.82, 2.24) is 15.5 Å². The van der Waals surface area contributed by atoms with Crippen LogP contribution in [0.3, 0.4) is 0 Å². The number of carbonyl (C=O) groups is 3. The zero-order valence-electron chi connectivity index (χ0n) is 24.8. The maximum absolute atomic E-state index is 14.4. The molecule has 0 aromatic heterocycles. The van der Waals surface area contributed by atoms with Crippen LogP contribution in [0.5, 0.6) is 5.75 Å². The van der Waals surface area contributed by atoms with Crippen molar-refractivity contribution in [1.29, 1.82) is 0 Å². The van der Waals surface area contributed by atoms with E-state index in [0.717, 1.165) is 54.4 Å². The minimum atomic E-state index is -0.971. The van der Waals surface area contributed by atoms with Gasteiger partial charge >= 0.3 is 6.09 Å². The molecule has 0 bridgehead atoms. The molecule has 0 radical (unpaired) electrons. The van der Waals surface area contributed by atoms with Gasteiger partial charge in [0.1, 0.15) is 23.4 Å². The van der Waals surface area contributed by atoms with Gasteiger partial charge in [0, 0.05) is 19.0 Å². The first-order valence-electron chi connectivity index (χ1n) is 14.3. The molecule has 2 unspecified atom stereocenters. The van der Waals surface area contributed by atoms with E-state index in [2.05, 4.69) is 17.6 Å². The summed E-state index contributed by atoms with van der Waals surface area (Å²) in [4.78, 5) is 42.7. The molecule has 2 aromatic carbocycles. The third-order valence-electron chi connectivity index (χ3n) is 6.73. The number of ether oxygens (including phenoxy) is 1. The third kappa shape index (κ3) is 9.28. The number of phenolic OH excluding ortho intramolecular Hbond substituents is 1. The van der Waals surface area contributed by atoms with Crippen LogP contribution >= 0.6 is 0 Å². The van der Waals surface area contributed by atoms with E-state index in [4.69, 9.17) is 4.74 Å². The lowest BCUT2D eigenvalue weighted by Gasteiger charge is -2.35. The highest BCUT2D eigenvalue weighted by Gasteiger charge is 2.44. The number of nitrogens with one attached hydrogen (secondary N) is 2. The number of phenols is 1. The second-order valence-electron chi connectivity index (χ2n) is 11.9. The number of aromatic hydroxyl groups is 1. The molecule has 1 aliphatic carbocycles. The summed E-state index contributed by atoms with van der Waals surface area (Å²) in [6.45, 7) is 11.9. The third-order valence-corrected chi connectivity index (χ3v) is 6.73. The molecule has 1 saturated carbocycles. The molecule has 3 N–H and O–H groups in total. The number of unbranched alkanes of at least 4 members (excludes halogenated alkanes) is 2. The van der Waals surface area contributed by atoms with E-state index in [9.17, 15) is 19.5 Å². The van der Waals surface area contributed by atoms with Gasteiger partial charge in [-0.15, -0.1) is 0 Å². The number of nitrogens with zero attached hydrogens (tertiary/aromatic N) is 1. The Bertz CT molecular complexity index is 1150. The molecule has 0 heterocycles. The monoisotopic (exact) mass is 551 g/mol. The highest BCUT2D eigenvalue weighted by atomic mass is 16.6. The van der Waals surface area contributed by atoms with Crippen LogP contribution in [0.15, 0.2) is 42.5 Å². The quantitative estimate of drug-likeness (QED) is 0.303. The smallest absolute Gasteiger partial charge is 0.408 e. The highest BCUT2D eigenvalue weighted by Crippen LogP contribution is 2.36. The van der Waals surface area contributed by atoms with Gasteiger partial charge in [0.2, 0.25) is 11.8 Å². The Balaban J connectivity index is 1.99. The van der Waals surface area contributed by atoms with E-state index in [0.29, 0.717) is 6.54 Å². The molecule has 1 aliphatic rings. The fourth-order valence-corrected chi connectivity index (χ4v) is 4.86. The number of hydrogen-bond acceptors (Lipinski definition) is 5. The molecule has 3 rings (SSSR count). The maximum Gasteiger partial charge on any atom is 0.408 e. The number of hydrogen-bond donors (Lipinski definition) is 3. The van der Waals surface area contributed by atoms with Gasteiger partial charge < -0.3 is 25.4 Å². The molecule has 1 fully saturated rings. The Morgan fingerprint density at radius 1 is 1.02 bits per heavy atom. The lowest BCUT2D eigenvalue weighted by molar-refractivity contribution is -0.143. The molecule has 40 heavy (non-hydrogen) atoms. The summed E-state index contributed by atoms with van der Waals surface area (Å²) < 4.78 is 5.49. The zero-order chi connectivity index (χ0) is 29.4. The number of amides is 3. The Hall–Kier alpha value is -3.55. The molecule has 0 spiro atoms. The van der Waals surface area contributed by atoms with Crippen LogP contribution in [0.1, 0.15) is 88.1 Å². The topological polar surface area (TPSA) is 108 Å². The number of benzene rings is 2. The van der Waals surface area contributed by atoms with Gasteiger partial charge in [0.05, 0.1) is 0 Å². The molecule has 2 aromatic rings. The van der Waals surface area contributed by atoms with Crippen molar-refractivity contribution in [2.75, 3.05) is 6.54 Å². The Kier molecular flexibility index (Phi) is 10.6. The summed E-state index contributed by atoms with van der Waals surface area (Å²) in [7, 11) is 0. The summed E-state index contributed by atoms with van der Waals surface area (Å²) in [6, 6.07) is 10.6. The molecule has 2 atom stereocenters. The van der Waals surface area contributed by atoms with Gasteiger partial charge in [-0.3, -0.25) is 9.59 Å². The van der Waals surface area contributed by atoms with E-state index >= 15 is 0 Å². The van der Waals surface area contributed by atoms with Crippen molar-refractivity contribution >= 4 is 17.9 Å². The van der Waals surface area contributed by atoms with Crippen LogP contribution in [0.25, 0.3) is 0 Å². The molecule has 3 amide bonds. The SMILES string of the molecule is CCCCCNC(=O)C(c1cc(C)cc(C)c1)N(C(=O)C(Cc1ccc(O)cc1)NC(=O)OC(C)(C)C)C1CC1. The summed E-state index contributed by atoms with van der Waals surface area (Å²) in [6.07, 6.45) is 3.96. The Morgan fingerprint density at radius 3 is 2.20 bits per heavy atom. The zero-order valence-corrected chi connectivity index (χ0v) is 24.8. The van der Waals surface area contributed by atoms with E-state index in [1.807, 2.05) is 32.0 Å². The van der Waals surface area contributed by atoms with E-state index < -0.39 is 23.8 Å². The normalized spacial score (nSPS) is 14.7. The summed E-state index contributed by atoms with van der Waals surface area (Å²) in [5.41, 5.74) is 2.79. The minimum absolute atomic E-state index is 0.109. The van der Waals surface area contributed by atoms with Gasteiger partial charge in [0.15, 0.2) is 0 Å². The van der Waals surface area contributed by atoms with Crippen molar-refractivity contribution in [3.8, 4) is 5.75 Å². The molecule has 0 aliphatic heterocycles. The standard InChI is InChI=1S/C32H45N3O5/c1-7-8-9-16-33-29(37)28(24-18-21(2)17-22(3)19-24)35(25-12-13-25)30(38)27(34-31(39)40-32(4,5)6)20-23-10-14-26(36)15-11-23/h10-11,14-15,17-19,25,27-28,36H,7-9,12-13,16,20H2,1-6H3,(H,33,37)(H,34,39). The van der Waals surface area contributed by atoms with Gasteiger partial charge in [-0.25, -0.2) is 4.79 Å². The summed E-state index contributed by atoms with van der Waals surface area (Å²) in [5, 5.41) is 15.6. The Morgan fingerprint density at radius 2 is 1.65 bits per heavy atom. The first kappa shape index (κ1) is 31.0. The van der Waals surface area contributed by atoms with Crippen molar-refractivity contribution in [2.45, 2.75) is 104 Å². The fourth-order valence-electron chi connectivity index (χ4n) is 4.86. The van der Waals surface area contributed by atoms with Crippen LogP contribution in [0, 0.1) is 13.8 Å². The van der Waals surface area contributed by atoms with Crippen molar-refractivity contribution in [3.63, 3.8) is 0 Å². The second kappa shape index (κ2) is 13.7. The number of rotatable bonds is 12. The Labute approximate surface area is 238 Å². The lowest BCUT2D eigenvalue weighted by atomic mass is 9.97. The average Bonchev–Trinajstić information content (AvgIpc) is 3.69. The van der Waals surface area contributed by atoms with E-state index in [1.54, 1.807) is 49.9 Å². The lowest BCUT2D eigenvalue weighted by Crippen LogP contribution is -2.54. The highest BCUT2D eigenvalue weighted by molar-refractivity contribution is 5.92. The summed E-state index contributed by atoms with van der Waals surface area (Å²) >= 11 is 0. The predicted octanol–water partition coefficient (Wildman–Crippen LogP) is 5.48. The van der Waals surface area contributed by atoms with Gasteiger partial charge in [0.25, 0.3) is 0 Å². The fraction of sp³-hybridized carbons (Fsp3) is 0.531. The van der Waals surface area contributed by atoms with Gasteiger partial charge in [-0.1, -0.05) is 61.2 Å². The van der Waals surface area contributed by atoms with Gasteiger partial charge in [-0.05, 0) is 77.1 Å². The minimum Gasteiger partial charge on any atom is -0.508 e. The van der Waals surface area contributed by atoms with Crippen molar-refractivity contribution in [2.24, 2.45) is 0 Å². The number of carbonyl (C=O) groups excluding carboxylic acids is 3. The van der Waals surface area contributed by atoms with Crippen molar-refractivity contribution in [3.05, 3.63) is 64.7 Å². The molecular formula is C32H45N3O5. The molecular weight excluding hydrogens is 506 g/mol.